The number of carbonyl (C=O) groups excluding carboxylic acids is 1. The molecule has 2 aliphatic heterocycles. The predicted molar refractivity (Wildman–Crippen MR) is 116 cm³/mol. The maximum atomic E-state index is 13.4. The number of rotatable bonds is 4. The Kier molecular flexibility index (Phi) is 5.40. The van der Waals surface area contributed by atoms with E-state index in [4.69, 9.17) is 0 Å². The molecule has 2 aromatic rings. The highest BCUT2D eigenvalue weighted by atomic mass is 19.1. The first-order chi connectivity index (χ1) is 15.0. The van der Waals surface area contributed by atoms with Gasteiger partial charge < -0.3 is 10.2 Å². The third kappa shape index (κ3) is 3.81. The average molecular weight is 424 g/mol. The molecule has 6 nitrogen and oxygen atoms in total. The second kappa shape index (κ2) is 8.20. The minimum atomic E-state index is -0.251. The predicted octanol–water partition coefficient (Wildman–Crippen LogP) is 3.62. The Balaban J connectivity index is 1.35. The van der Waals surface area contributed by atoms with Crippen molar-refractivity contribution >= 4 is 6.03 Å². The molecular weight excluding hydrogens is 393 g/mol. The van der Waals surface area contributed by atoms with Gasteiger partial charge in [-0.3, -0.25) is 10.4 Å². The first-order valence-corrected chi connectivity index (χ1v) is 11.3. The smallest absolute Gasteiger partial charge is 0.318 e. The van der Waals surface area contributed by atoms with Gasteiger partial charge in [-0.15, -0.1) is 0 Å². The second-order valence-electron chi connectivity index (χ2n) is 9.18. The third-order valence-electron chi connectivity index (χ3n) is 7.32. The molecule has 2 saturated heterocycles. The molecule has 6 atom stereocenters. The van der Waals surface area contributed by atoms with E-state index in [1.54, 1.807) is 12.1 Å². The number of aryl methyl sites for hydroxylation is 1. The molecule has 5 rings (SSSR count). The van der Waals surface area contributed by atoms with Gasteiger partial charge in [-0.25, -0.2) is 14.6 Å². The van der Waals surface area contributed by atoms with E-state index in [-0.39, 0.29) is 30.0 Å². The van der Waals surface area contributed by atoms with Gasteiger partial charge in [-0.2, -0.15) is 0 Å². The van der Waals surface area contributed by atoms with Crippen LogP contribution in [-0.2, 0) is 0 Å². The molecule has 3 aliphatic rings. The van der Waals surface area contributed by atoms with Crippen LogP contribution >= 0.6 is 0 Å². The number of halogens is 1. The van der Waals surface area contributed by atoms with Crippen molar-refractivity contribution in [3.8, 4) is 0 Å². The van der Waals surface area contributed by atoms with E-state index >= 15 is 0 Å². The molecule has 0 bridgehead atoms. The monoisotopic (exact) mass is 423 g/mol. The third-order valence-corrected chi connectivity index (χ3v) is 7.32. The van der Waals surface area contributed by atoms with Gasteiger partial charge in [0.25, 0.3) is 0 Å². The Morgan fingerprint density at radius 2 is 1.97 bits per heavy atom. The Labute approximate surface area is 182 Å². The van der Waals surface area contributed by atoms with Crippen molar-refractivity contribution in [3.05, 3.63) is 65.2 Å². The van der Waals surface area contributed by atoms with Crippen LogP contribution in [0.25, 0.3) is 0 Å². The summed E-state index contributed by atoms with van der Waals surface area (Å²) >= 11 is 0. The van der Waals surface area contributed by atoms with E-state index < -0.39 is 0 Å². The van der Waals surface area contributed by atoms with Crippen molar-refractivity contribution in [1.82, 2.24) is 26.1 Å². The van der Waals surface area contributed by atoms with Crippen molar-refractivity contribution in [2.24, 2.45) is 11.8 Å². The fourth-order valence-electron chi connectivity index (χ4n) is 5.79. The Morgan fingerprint density at radius 3 is 2.71 bits per heavy atom. The molecule has 31 heavy (non-hydrogen) atoms. The topological polar surface area (TPSA) is 69.3 Å². The van der Waals surface area contributed by atoms with Crippen LogP contribution < -0.4 is 16.2 Å². The van der Waals surface area contributed by atoms with Gasteiger partial charge >= 0.3 is 6.03 Å². The van der Waals surface area contributed by atoms with Gasteiger partial charge in [0.2, 0.25) is 0 Å². The molecule has 3 heterocycles. The zero-order valence-electron chi connectivity index (χ0n) is 18.0. The molecule has 1 aliphatic carbocycles. The summed E-state index contributed by atoms with van der Waals surface area (Å²) in [6.07, 6.45) is 4.64. The molecule has 1 aromatic heterocycles. The van der Waals surface area contributed by atoms with Gasteiger partial charge in [0.05, 0.1) is 12.1 Å². The normalized spacial score (nSPS) is 31.0. The van der Waals surface area contributed by atoms with Gasteiger partial charge in [0.1, 0.15) is 5.82 Å². The number of fused-ring (bicyclic) bond motifs is 2. The number of hydrazine groups is 1. The SMILES string of the molecule is CC[C@H](c1ccc(F)cc1)N1CC2CC3C(CC2NC1=O)NNC3c1ccnc(C)c1. The number of aromatic nitrogens is 1. The summed E-state index contributed by atoms with van der Waals surface area (Å²) in [5.74, 6) is 0.602. The number of nitrogens with zero attached hydrogens (tertiary/aromatic N) is 2. The molecule has 0 radical (unpaired) electrons. The van der Waals surface area contributed by atoms with Crippen LogP contribution in [-0.4, -0.2) is 34.5 Å². The zero-order chi connectivity index (χ0) is 21.5. The lowest BCUT2D eigenvalue weighted by Crippen LogP contribution is -2.61. The molecule has 3 fully saturated rings. The number of nitrogens with one attached hydrogen (secondary N) is 3. The minimum Gasteiger partial charge on any atom is -0.335 e. The first-order valence-electron chi connectivity index (χ1n) is 11.3. The molecule has 5 unspecified atom stereocenters. The van der Waals surface area contributed by atoms with E-state index in [0.717, 1.165) is 37.1 Å². The van der Waals surface area contributed by atoms with Crippen LogP contribution in [0.2, 0.25) is 0 Å². The van der Waals surface area contributed by atoms with Crippen molar-refractivity contribution < 1.29 is 9.18 Å². The fraction of sp³-hybridized carbons (Fsp3) is 0.500. The van der Waals surface area contributed by atoms with Crippen LogP contribution in [0.4, 0.5) is 9.18 Å². The lowest BCUT2D eigenvalue weighted by Gasteiger charge is -2.47. The highest BCUT2D eigenvalue weighted by molar-refractivity contribution is 5.76. The summed E-state index contributed by atoms with van der Waals surface area (Å²) < 4.78 is 13.4. The van der Waals surface area contributed by atoms with E-state index in [0.29, 0.717) is 17.9 Å². The lowest BCUT2D eigenvalue weighted by atomic mass is 9.71. The number of benzene rings is 1. The van der Waals surface area contributed by atoms with E-state index in [2.05, 4.69) is 40.2 Å². The number of hydrogen-bond acceptors (Lipinski definition) is 4. The standard InChI is InChI=1S/C24H30FN5O/c1-3-22(15-4-6-18(25)7-5-15)30-13-17-11-19-21(12-20(17)27-24(30)31)28-29-23(19)16-8-9-26-14(2)10-16/h4-10,17,19-23,28-29H,3,11-13H2,1-2H3,(H,27,31)/t17?,19?,20?,21?,22-,23?/m1/s1. The highest BCUT2D eigenvalue weighted by Gasteiger charge is 2.48. The van der Waals surface area contributed by atoms with E-state index in [9.17, 15) is 9.18 Å². The molecule has 1 saturated carbocycles. The Bertz CT molecular complexity index is 951. The molecule has 0 spiro atoms. The van der Waals surface area contributed by atoms with Gasteiger partial charge in [0, 0.05) is 30.5 Å². The molecule has 164 valence electrons. The zero-order valence-corrected chi connectivity index (χ0v) is 18.0. The maximum absolute atomic E-state index is 13.4. The van der Waals surface area contributed by atoms with Gasteiger partial charge in [-0.05, 0) is 73.4 Å². The summed E-state index contributed by atoms with van der Waals surface area (Å²) in [6, 6.07) is 11.5. The Morgan fingerprint density at radius 1 is 1.16 bits per heavy atom. The molecule has 3 N–H and O–H groups in total. The maximum Gasteiger partial charge on any atom is 0.318 e. The first kappa shape index (κ1) is 20.4. The van der Waals surface area contributed by atoms with Gasteiger partial charge in [-0.1, -0.05) is 19.1 Å². The van der Waals surface area contributed by atoms with Crippen molar-refractivity contribution in [3.63, 3.8) is 0 Å². The van der Waals surface area contributed by atoms with Crippen molar-refractivity contribution in [2.45, 2.75) is 57.3 Å². The number of carbonyl (C=O) groups is 1. The molecule has 1 aromatic carbocycles. The van der Waals surface area contributed by atoms with Crippen LogP contribution in [0.1, 0.15) is 55.1 Å². The van der Waals surface area contributed by atoms with E-state index in [1.807, 2.05) is 18.0 Å². The molecule has 2 amide bonds. The number of amides is 2. The van der Waals surface area contributed by atoms with Crippen molar-refractivity contribution in [1.29, 1.82) is 0 Å². The summed E-state index contributed by atoms with van der Waals surface area (Å²) in [7, 11) is 0. The van der Waals surface area contributed by atoms with Gasteiger partial charge in [0.15, 0.2) is 0 Å². The number of hydrogen-bond donors (Lipinski definition) is 3. The summed E-state index contributed by atoms with van der Waals surface area (Å²) in [4.78, 5) is 19.3. The van der Waals surface area contributed by atoms with E-state index in [1.165, 1.54) is 17.7 Å². The largest absolute Gasteiger partial charge is 0.335 e. The lowest BCUT2D eigenvalue weighted by molar-refractivity contribution is 0.0789. The molecule has 7 heteroatoms. The summed E-state index contributed by atoms with van der Waals surface area (Å²) in [6.45, 7) is 4.84. The average Bonchev–Trinajstić information content (AvgIpc) is 3.17. The molecular formula is C24H30FN5O. The highest BCUT2D eigenvalue weighted by Crippen LogP contribution is 2.43. The minimum absolute atomic E-state index is 0.0110. The number of urea groups is 1. The second-order valence-corrected chi connectivity index (χ2v) is 9.18. The fourth-order valence-corrected chi connectivity index (χ4v) is 5.79. The summed E-state index contributed by atoms with van der Waals surface area (Å²) in [5.41, 5.74) is 10.3. The summed E-state index contributed by atoms with van der Waals surface area (Å²) in [5, 5.41) is 3.28. The van der Waals surface area contributed by atoms with Crippen LogP contribution in [0.5, 0.6) is 0 Å². The number of pyridine rings is 1. The van der Waals surface area contributed by atoms with Crippen LogP contribution in [0.3, 0.4) is 0 Å². The Hall–Kier alpha value is -2.51. The quantitative estimate of drug-likeness (QED) is 0.703. The van der Waals surface area contributed by atoms with Crippen LogP contribution in [0.15, 0.2) is 42.6 Å². The van der Waals surface area contributed by atoms with Crippen molar-refractivity contribution in [2.75, 3.05) is 6.54 Å². The van der Waals surface area contributed by atoms with Crippen LogP contribution in [0, 0.1) is 24.6 Å².